The molecular weight excluding hydrogens is 274 g/mol. The summed E-state index contributed by atoms with van der Waals surface area (Å²) in [6, 6.07) is 7.95. The maximum absolute atomic E-state index is 4.39. The van der Waals surface area contributed by atoms with Crippen LogP contribution in [0.3, 0.4) is 0 Å². The predicted octanol–water partition coefficient (Wildman–Crippen LogP) is 1.85. The average molecular weight is 283 g/mol. The Bertz CT molecular complexity index is 723. The summed E-state index contributed by atoms with van der Waals surface area (Å²) in [6.45, 7) is 0. The maximum Gasteiger partial charge on any atom is 0.192 e. The number of rotatable bonds is 1. The predicted molar refractivity (Wildman–Crippen MR) is 75.8 cm³/mol. The highest BCUT2D eigenvalue weighted by Gasteiger charge is 2.27. The molecule has 1 aliphatic rings. The van der Waals surface area contributed by atoms with Gasteiger partial charge in [-0.15, -0.1) is 5.10 Å². The van der Waals surface area contributed by atoms with Gasteiger partial charge in [0.05, 0.1) is 16.9 Å². The first-order valence-electron chi connectivity index (χ1n) is 5.92. The monoisotopic (exact) mass is 283 g/mol. The first kappa shape index (κ1) is 11.4. The van der Waals surface area contributed by atoms with Gasteiger partial charge in [0.1, 0.15) is 6.33 Å². The Morgan fingerprint density at radius 1 is 1.15 bits per heavy atom. The number of tetrazole rings is 1. The van der Waals surface area contributed by atoms with Gasteiger partial charge in [-0.2, -0.15) is 4.68 Å². The highest BCUT2D eigenvalue weighted by Crippen LogP contribution is 2.42. The molecule has 1 aliphatic heterocycles. The normalized spacial score (nSPS) is 12.3. The molecule has 3 heterocycles. The topological polar surface area (TPSA) is 72.6 Å². The van der Waals surface area contributed by atoms with E-state index in [0.29, 0.717) is 5.82 Å². The molecule has 0 aliphatic carbocycles. The molecule has 0 saturated carbocycles. The van der Waals surface area contributed by atoms with Crippen LogP contribution in [0.2, 0.25) is 0 Å². The summed E-state index contributed by atoms with van der Waals surface area (Å²) >= 11 is 1.57. The Morgan fingerprint density at radius 2 is 2.00 bits per heavy atom. The minimum Gasteiger partial charge on any atom is -0.266 e. The summed E-state index contributed by atoms with van der Waals surface area (Å²) in [5.74, 6) is 1.43. The van der Waals surface area contributed by atoms with E-state index in [9.17, 15) is 0 Å². The van der Waals surface area contributed by atoms with E-state index < -0.39 is 0 Å². The molecule has 98 valence electrons. The first-order valence-corrected chi connectivity index (χ1v) is 7.10. The molecule has 2 aromatic heterocycles. The average Bonchev–Trinajstić information content (AvgIpc) is 2.95. The van der Waals surface area contributed by atoms with Crippen LogP contribution in [0.1, 0.15) is 0 Å². The largest absolute Gasteiger partial charge is 0.266 e. The summed E-state index contributed by atoms with van der Waals surface area (Å²) in [5.41, 5.74) is 2.72. The van der Waals surface area contributed by atoms with E-state index in [-0.39, 0.29) is 0 Å². The Morgan fingerprint density at radius 3 is 2.85 bits per heavy atom. The fourth-order valence-electron chi connectivity index (χ4n) is 2.27. The van der Waals surface area contributed by atoms with Crippen molar-refractivity contribution in [3.05, 3.63) is 36.8 Å². The molecule has 1 aromatic carbocycles. The molecule has 7 nitrogen and oxygen atoms in total. The van der Waals surface area contributed by atoms with Crippen molar-refractivity contribution in [1.82, 2.24) is 30.2 Å². The second-order valence-electron chi connectivity index (χ2n) is 4.14. The quantitative estimate of drug-likeness (QED) is 0.631. The van der Waals surface area contributed by atoms with Crippen LogP contribution in [-0.4, -0.2) is 36.4 Å². The van der Waals surface area contributed by atoms with Crippen LogP contribution in [-0.2, 0) is 0 Å². The molecule has 0 N–H and O–H groups in total. The van der Waals surface area contributed by atoms with E-state index in [2.05, 4.69) is 25.5 Å². The highest BCUT2D eigenvalue weighted by molar-refractivity contribution is 8.00. The lowest BCUT2D eigenvalue weighted by Gasteiger charge is -2.21. The Kier molecular flexibility index (Phi) is 2.43. The van der Waals surface area contributed by atoms with Gasteiger partial charge in [0, 0.05) is 12.5 Å². The molecule has 3 aromatic rings. The Hall–Kier alpha value is -2.48. The number of hydrogen-bond acceptors (Lipinski definition) is 7. The van der Waals surface area contributed by atoms with E-state index in [4.69, 9.17) is 0 Å². The van der Waals surface area contributed by atoms with Gasteiger partial charge in [0.15, 0.2) is 11.6 Å². The second kappa shape index (κ2) is 4.27. The van der Waals surface area contributed by atoms with Crippen LogP contribution < -0.4 is 4.31 Å². The van der Waals surface area contributed by atoms with Gasteiger partial charge in [0.2, 0.25) is 0 Å². The Balaban J connectivity index is 2.14. The van der Waals surface area contributed by atoms with Crippen molar-refractivity contribution in [3.63, 3.8) is 0 Å². The van der Waals surface area contributed by atoms with E-state index >= 15 is 0 Å². The summed E-state index contributed by atoms with van der Waals surface area (Å²) in [7, 11) is 0. The lowest BCUT2D eigenvalue weighted by Crippen LogP contribution is -2.09. The zero-order valence-electron chi connectivity index (χ0n) is 10.5. The lowest BCUT2D eigenvalue weighted by atomic mass is 10.2. The van der Waals surface area contributed by atoms with Crippen molar-refractivity contribution in [2.75, 3.05) is 10.6 Å². The minimum atomic E-state index is 0.643. The number of para-hydroxylation sites is 2. The van der Waals surface area contributed by atoms with Crippen molar-refractivity contribution in [3.8, 4) is 17.1 Å². The van der Waals surface area contributed by atoms with Crippen molar-refractivity contribution < 1.29 is 0 Å². The zero-order valence-corrected chi connectivity index (χ0v) is 11.3. The van der Waals surface area contributed by atoms with Gasteiger partial charge in [-0.05, 0) is 34.5 Å². The first-order chi connectivity index (χ1) is 9.90. The highest BCUT2D eigenvalue weighted by atomic mass is 32.2. The number of nitrogens with zero attached hydrogens (tertiary/aromatic N) is 7. The molecule has 0 unspecified atom stereocenters. The third kappa shape index (κ3) is 1.45. The van der Waals surface area contributed by atoms with Gasteiger partial charge >= 0.3 is 0 Å². The molecule has 20 heavy (non-hydrogen) atoms. The van der Waals surface area contributed by atoms with Crippen molar-refractivity contribution in [2.45, 2.75) is 0 Å². The Labute approximate surface area is 118 Å². The lowest BCUT2D eigenvalue weighted by molar-refractivity contribution is 0.793. The van der Waals surface area contributed by atoms with E-state index in [1.54, 1.807) is 22.8 Å². The number of benzene rings is 1. The molecular formula is C12H9N7S. The molecule has 0 saturated heterocycles. The van der Waals surface area contributed by atoms with Crippen LogP contribution in [0, 0.1) is 0 Å². The summed E-state index contributed by atoms with van der Waals surface area (Å²) in [5, 5.41) is 12.0. The third-order valence-electron chi connectivity index (χ3n) is 3.11. The fraction of sp³-hybridized carbons (Fsp3) is 0.0833. The van der Waals surface area contributed by atoms with Gasteiger partial charge < -0.3 is 0 Å². The van der Waals surface area contributed by atoms with E-state index in [0.717, 1.165) is 22.8 Å². The standard InChI is InChI=1S/C12H9N7S/c1-20-19-10-5-3-2-4-9(10)18-12(15-16-17-18)8-6-13-7-14-11(8)19/h2-7H,1H3. The molecule has 0 spiro atoms. The van der Waals surface area contributed by atoms with Crippen LogP contribution in [0.15, 0.2) is 36.8 Å². The van der Waals surface area contributed by atoms with Gasteiger partial charge in [-0.25, -0.2) is 9.97 Å². The molecule has 4 rings (SSSR count). The van der Waals surface area contributed by atoms with E-state index in [1.165, 1.54) is 6.33 Å². The van der Waals surface area contributed by atoms with E-state index in [1.807, 2.05) is 34.8 Å². The van der Waals surface area contributed by atoms with Gasteiger partial charge in [-0.1, -0.05) is 12.1 Å². The van der Waals surface area contributed by atoms with Crippen LogP contribution in [0.5, 0.6) is 0 Å². The van der Waals surface area contributed by atoms with Crippen LogP contribution >= 0.6 is 11.9 Å². The van der Waals surface area contributed by atoms with Gasteiger partial charge in [0.25, 0.3) is 0 Å². The van der Waals surface area contributed by atoms with Crippen molar-refractivity contribution in [1.29, 1.82) is 0 Å². The van der Waals surface area contributed by atoms with Crippen molar-refractivity contribution in [2.24, 2.45) is 0 Å². The maximum atomic E-state index is 4.39. The number of hydrogen-bond donors (Lipinski definition) is 0. The number of fused-ring (bicyclic) bond motifs is 5. The van der Waals surface area contributed by atoms with Crippen LogP contribution in [0.4, 0.5) is 11.5 Å². The third-order valence-corrected chi connectivity index (χ3v) is 3.84. The smallest absolute Gasteiger partial charge is 0.192 e. The SMILES string of the molecule is CSN1c2ccccc2-n2nnnc2-c2cncnc21. The molecule has 0 atom stereocenters. The summed E-state index contributed by atoms with van der Waals surface area (Å²) < 4.78 is 3.76. The molecule has 8 heteroatoms. The second-order valence-corrected chi connectivity index (χ2v) is 4.87. The van der Waals surface area contributed by atoms with Gasteiger partial charge in [-0.3, -0.25) is 4.31 Å². The van der Waals surface area contributed by atoms with Crippen molar-refractivity contribution >= 4 is 23.5 Å². The fourth-order valence-corrected chi connectivity index (χ4v) is 2.94. The minimum absolute atomic E-state index is 0.643. The molecule has 0 bridgehead atoms. The zero-order chi connectivity index (χ0) is 13.5. The molecule has 0 amide bonds. The summed E-state index contributed by atoms with van der Waals surface area (Å²) in [4.78, 5) is 8.49. The molecule has 0 radical (unpaired) electrons. The molecule has 0 fully saturated rings. The summed E-state index contributed by atoms with van der Waals surface area (Å²) in [6.07, 6.45) is 5.27. The van der Waals surface area contributed by atoms with Crippen LogP contribution in [0.25, 0.3) is 17.1 Å². The number of anilines is 2. The number of aromatic nitrogens is 6.